The van der Waals surface area contributed by atoms with E-state index in [1.165, 1.54) is 15.3 Å². The van der Waals surface area contributed by atoms with Gasteiger partial charge in [-0.3, -0.25) is 0 Å². The molecule has 0 aromatic carbocycles. The zero-order chi connectivity index (χ0) is 13.0. The molecule has 1 N–H and O–H groups in total. The standard InChI is InChI=1S/C14H19NOS2/c1-14(2,10-16-3)15-8-12-7-11(9-18-12)13-5-4-6-17-13/h4-7,9,15H,8,10H2,1-3H3. The second kappa shape index (κ2) is 5.97. The average Bonchev–Trinajstić information content (AvgIpc) is 2.97. The van der Waals surface area contributed by atoms with E-state index in [1.807, 2.05) is 11.3 Å². The molecule has 2 rings (SSSR count). The minimum absolute atomic E-state index is 0.0157. The Morgan fingerprint density at radius 1 is 1.33 bits per heavy atom. The zero-order valence-electron chi connectivity index (χ0n) is 11.0. The minimum atomic E-state index is 0.0157. The van der Waals surface area contributed by atoms with Crippen LogP contribution in [0.2, 0.25) is 0 Å². The largest absolute Gasteiger partial charge is 0.383 e. The van der Waals surface area contributed by atoms with Gasteiger partial charge in [0.05, 0.1) is 6.61 Å². The Kier molecular flexibility index (Phi) is 4.56. The predicted molar refractivity (Wildman–Crippen MR) is 80.4 cm³/mol. The molecule has 0 amide bonds. The van der Waals surface area contributed by atoms with Crippen molar-refractivity contribution in [1.29, 1.82) is 0 Å². The van der Waals surface area contributed by atoms with E-state index >= 15 is 0 Å². The van der Waals surface area contributed by atoms with Crippen LogP contribution >= 0.6 is 22.7 Å². The topological polar surface area (TPSA) is 21.3 Å². The molecule has 2 heterocycles. The fourth-order valence-electron chi connectivity index (χ4n) is 1.78. The van der Waals surface area contributed by atoms with Crippen LogP contribution in [0.15, 0.2) is 29.0 Å². The Balaban J connectivity index is 1.95. The van der Waals surface area contributed by atoms with Crippen LogP contribution in [0.5, 0.6) is 0 Å². The van der Waals surface area contributed by atoms with Crippen LogP contribution in [0.25, 0.3) is 10.4 Å². The molecule has 0 aliphatic carbocycles. The second-order valence-corrected chi connectivity index (χ2v) is 6.89. The molecule has 4 heteroatoms. The quantitative estimate of drug-likeness (QED) is 0.864. The Morgan fingerprint density at radius 3 is 2.83 bits per heavy atom. The maximum absolute atomic E-state index is 5.20. The average molecular weight is 281 g/mol. The first-order chi connectivity index (χ1) is 8.61. The second-order valence-electron chi connectivity index (χ2n) is 4.95. The highest BCUT2D eigenvalue weighted by molar-refractivity contribution is 7.14. The number of ether oxygens (including phenoxy) is 1. The summed E-state index contributed by atoms with van der Waals surface area (Å²) >= 11 is 3.60. The van der Waals surface area contributed by atoms with Crippen molar-refractivity contribution in [3.8, 4) is 10.4 Å². The molecule has 2 aromatic rings. The van der Waals surface area contributed by atoms with Crippen molar-refractivity contribution in [1.82, 2.24) is 5.32 Å². The third-order valence-electron chi connectivity index (χ3n) is 2.71. The van der Waals surface area contributed by atoms with E-state index in [4.69, 9.17) is 4.74 Å². The number of nitrogens with one attached hydrogen (secondary N) is 1. The lowest BCUT2D eigenvalue weighted by atomic mass is 10.1. The molecule has 0 unspecified atom stereocenters. The van der Waals surface area contributed by atoms with E-state index in [2.05, 4.69) is 48.1 Å². The van der Waals surface area contributed by atoms with E-state index in [-0.39, 0.29) is 5.54 Å². The number of rotatable bonds is 6. The molecule has 0 radical (unpaired) electrons. The van der Waals surface area contributed by atoms with Crippen LogP contribution in [0, 0.1) is 0 Å². The van der Waals surface area contributed by atoms with Gasteiger partial charge in [0.2, 0.25) is 0 Å². The minimum Gasteiger partial charge on any atom is -0.383 e. The van der Waals surface area contributed by atoms with Gasteiger partial charge in [0, 0.05) is 34.5 Å². The van der Waals surface area contributed by atoms with E-state index in [1.54, 1.807) is 18.4 Å². The zero-order valence-corrected chi connectivity index (χ0v) is 12.7. The van der Waals surface area contributed by atoms with E-state index in [9.17, 15) is 0 Å². The van der Waals surface area contributed by atoms with Gasteiger partial charge >= 0.3 is 0 Å². The summed E-state index contributed by atoms with van der Waals surface area (Å²) in [4.78, 5) is 2.70. The fourth-order valence-corrected chi connectivity index (χ4v) is 3.40. The molecule has 0 spiro atoms. The van der Waals surface area contributed by atoms with Crippen molar-refractivity contribution in [2.75, 3.05) is 13.7 Å². The van der Waals surface area contributed by atoms with Gasteiger partial charge in [-0.1, -0.05) is 6.07 Å². The van der Waals surface area contributed by atoms with Crippen LogP contribution in [0.4, 0.5) is 0 Å². The molecule has 98 valence electrons. The molecule has 2 aromatic heterocycles. The van der Waals surface area contributed by atoms with Crippen LogP contribution in [-0.4, -0.2) is 19.3 Å². The SMILES string of the molecule is COCC(C)(C)NCc1cc(-c2cccs2)cs1. The van der Waals surface area contributed by atoms with Crippen molar-refractivity contribution < 1.29 is 4.74 Å². The summed E-state index contributed by atoms with van der Waals surface area (Å²) in [5, 5.41) is 7.87. The molecule has 18 heavy (non-hydrogen) atoms. The van der Waals surface area contributed by atoms with Gasteiger partial charge in [0.15, 0.2) is 0 Å². The van der Waals surface area contributed by atoms with Crippen molar-refractivity contribution in [2.24, 2.45) is 0 Å². The van der Waals surface area contributed by atoms with Gasteiger partial charge in [-0.05, 0) is 36.7 Å². The summed E-state index contributed by atoms with van der Waals surface area (Å²) in [5.41, 5.74) is 1.35. The van der Waals surface area contributed by atoms with Crippen LogP contribution in [0.1, 0.15) is 18.7 Å². The summed E-state index contributed by atoms with van der Waals surface area (Å²) < 4.78 is 5.20. The summed E-state index contributed by atoms with van der Waals surface area (Å²) in [6, 6.07) is 6.53. The summed E-state index contributed by atoms with van der Waals surface area (Å²) in [6.07, 6.45) is 0. The lowest BCUT2D eigenvalue weighted by Gasteiger charge is -2.24. The lowest BCUT2D eigenvalue weighted by molar-refractivity contribution is 0.128. The fraction of sp³-hybridized carbons (Fsp3) is 0.429. The van der Waals surface area contributed by atoms with Crippen molar-refractivity contribution >= 4 is 22.7 Å². The molecule has 0 saturated carbocycles. The molecular formula is C14H19NOS2. The van der Waals surface area contributed by atoms with Crippen molar-refractivity contribution in [3.05, 3.63) is 33.8 Å². The highest BCUT2D eigenvalue weighted by atomic mass is 32.1. The van der Waals surface area contributed by atoms with E-state index in [0.717, 1.165) is 13.2 Å². The Morgan fingerprint density at radius 2 is 2.17 bits per heavy atom. The van der Waals surface area contributed by atoms with Crippen molar-refractivity contribution in [3.63, 3.8) is 0 Å². The number of hydrogen-bond donors (Lipinski definition) is 1. The van der Waals surface area contributed by atoms with Crippen LogP contribution in [-0.2, 0) is 11.3 Å². The first-order valence-electron chi connectivity index (χ1n) is 5.96. The smallest absolute Gasteiger partial charge is 0.0639 e. The summed E-state index contributed by atoms with van der Waals surface area (Å²) in [6.45, 7) is 5.93. The van der Waals surface area contributed by atoms with Crippen LogP contribution in [0.3, 0.4) is 0 Å². The molecule has 0 saturated heterocycles. The molecule has 2 nitrogen and oxygen atoms in total. The number of hydrogen-bond acceptors (Lipinski definition) is 4. The van der Waals surface area contributed by atoms with Crippen molar-refractivity contribution in [2.45, 2.75) is 25.9 Å². The lowest BCUT2D eigenvalue weighted by Crippen LogP contribution is -2.42. The Bertz CT molecular complexity index is 474. The number of methoxy groups -OCH3 is 1. The third kappa shape index (κ3) is 3.65. The number of thiophene rings is 2. The summed E-state index contributed by atoms with van der Waals surface area (Å²) in [7, 11) is 1.74. The van der Waals surface area contributed by atoms with Gasteiger partial charge < -0.3 is 10.1 Å². The Hall–Kier alpha value is -0.680. The van der Waals surface area contributed by atoms with E-state index < -0.39 is 0 Å². The van der Waals surface area contributed by atoms with E-state index in [0.29, 0.717) is 0 Å². The molecule has 0 bridgehead atoms. The molecule has 0 aliphatic heterocycles. The van der Waals surface area contributed by atoms with Gasteiger partial charge in [0.25, 0.3) is 0 Å². The molecular weight excluding hydrogens is 262 g/mol. The van der Waals surface area contributed by atoms with Crippen LogP contribution < -0.4 is 5.32 Å². The maximum atomic E-state index is 5.20. The highest BCUT2D eigenvalue weighted by Gasteiger charge is 2.16. The van der Waals surface area contributed by atoms with Gasteiger partial charge in [-0.2, -0.15) is 0 Å². The molecule has 0 fully saturated rings. The highest BCUT2D eigenvalue weighted by Crippen LogP contribution is 2.29. The molecule has 0 aliphatic rings. The normalized spacial score (nSPS) is 11.9. The van der Waals surface area contributed by atoms with Gasteiger partial charge in [-0.15, -0.1) is 22.7 Å². The first kappa shape index (κ1) is 13.7. The predicted octanol–water partition coefficient (Wildman–Crippen LogP) is 3.99. The monoisotopic (exact) mass is 281 g/mol. The maximum Gasteiger partial charge on any atom is 0.0639 e. The molecule has 0 atom stereocenters. The Labute approximate surface area is 117 Å². The first-order valence-corrected chi connectivity index (χ1v) is 7.72. The van der Waals surface area contributed by atoms with Gasteiger partial charge in [-0.25, -0.2) is 0 Å². The third-order valence-corrected chi connectivity index (χ3v) is 4.56. The van der Waals surface area contributed by atoms with Gasteiger partial charge in [0.1, 0.15) is 0 Å². The summed E-state index contributed by atoms with van der Waals surface area (Å²) in [5.74, 6) is 0.